The van der Waals surface area contributed by atoms with E-state index in [9.17, 15) is 24.0 Å². The minimum atomic E-state index is -0.993. The van der Waals surface area contributed by atoms with Crippen LogP contribution in [-0.2, 0) is 38.2 Å². The van der Waals surface area contributed by atoms with Crippen LogP contribution in [0.3, 0.4) is 0 Å². The van der Waals surface area contributed by atoms with E-state index >= 15 is 0 Å². The number of nitrogens with two attached hydrogens (primary N) is 1. The Morgan fingerprint density at radius 1 is 0.851 bits per heavy atom. The van der Waals surface area contributed by atoms with Crippen molar-refractivity contribution in [3.8, 4) is 0 Å². The first-order valence-electron chi connectivity index (χ1n) is 17.2. The summed E-state index contributed by atoms with van der Waals surface area (Å²) < 4.78 is 16.2. The normalized spacial score (nSPS) is 23.4. The molecule has 12 heteroatoms. The maximum absolute atomic E-state index is 14.1. The fourth-order valence-electron chi connectivity index (χ4n) is 6.88. The summed E-state index contributed by atoms with van der Waals surface area (Å²) >= 11 is 0. The third-order valence-corrected chi connectivity index (χ3v) is 9.18. The average molecular weight is 667 g/mol. The number of methoxy groups -OCH3 is 1. The second kappa shape index (κ2) is 17.1. The molecule has 12 nitrogen and oxygen atoms in total. The van der Waals surface area contributed by atoms with E-state index in [0.717, 1.165) is 0 Å². The van der Waals surface area contributed by atoms with Crippen LogP contribution < -0.4 is 5.73 Å². The van der Waals surface area contributed by atoms with Crippen molar-refractivity contribution < 1.29 is 38.2 Å². The molecule has 2 rings (SSSR count). The van der Waals surface area contributed by atoms with Gasteiger partial charge in [0.1, 0.15) is 0 Å². The van der Waals surface area contributed by atoms with Gasteiger partial charge in [0.15, 0.2) is 0 Å². The topological polar surface area (TPSA) is 149 Å². The highest BCUT2D eigenvalue weighted by atomic mass is 16.5. The summed E-state index contributed by atoms with van der Waals surface area (Å²) in [6, 6.07) is 0. The van der Waals surface area contributed by atoms with Gasteiger partial charge in [-0.2, -0.15) is 0 Å². The van der Waals surface area contributed by atoms with Crippen molar-refractivity contribution in [3.63, 3.8) is 0 Å². The number of likely N-dealkylation sites (tertiary alicyclic amines) is 2. The largest absolute Gasteiger partial charge is 0.469 e. The van der Waals surface area contributed by atoms with Crippen LogP contribution in [0.4, 0.5) is 0 Å². The molecule has 0 aromatic rings. The van der Waals surface area contributed by atoms with Crippen molar-refractivity contribution in [2.45, 2.75) is 81.6 Å². The molecule has 0 spiro atoms. The SMILES string of the molecule is COC(=O)C1CN(CCN(CCN)CCN2CC(C(=O)OCC(C)C)CC(C)(CC(C)(C)C(=O)OCC(C)C)C2=O)C(=O)C(C)(C)C1. The molecule has 2 aliphatic rings. The van der Waals surface area contributed by atoms with Gasteiger partial charge in [-0.15, -0.1) is 0 Å². The molecule has 270 valence electrons. The van der Waals surface area contributed by atoms with Crippen LogP contribution in [0.25, 0.3) is 0 Å². The first-order chi connectivity index (χ1) is 21.8. The highest BCUT2D eigenvalue weighted by Gasteiger charge is 2.50. The lowest BCUT2D eigenvalue weighted by Gasteiger charge is -2.45. The Morgan fingerprint density at radius 2 is 1.36 bits per heavy atom. The molecule has 2 saturated heterocycles. The van der Waals surface area contributed by atoms with Gasteiger partial charge in [0, 0.05) is 63.2 Å². The summed E-state index contributed by atoms with van der Waals surface area (Å²) in [7, 11) is 1.36. The number of hydrogen-bond acceptors (Lipinski definition) is 10. The summed E-state index contributed by atoms with van der Waals surface area (Å²) in [4.78, 5) is 71.6. The Hall–Kier alpha value is -2.73. The van der Waals surface area contributed by atoms with Crippen LogP contribution >= 0.6 is 0 Å². The molecule has 0 saturated carbocycles. The maximum atomic E-state index is 14.1. The molecular weight excluding hydrogens is 604 g/mol. The van der Waals surface area contributed by atoms with E-state index in [0.29, 0.717) is 65.4 Å². The number of nitrogens with zero attached hydrogens (tertiary/aromatic N) is 3. The van der Waals surface area contributed by atoms with Crippen LogP contribution in [0.15, 0.2) is 0 Å². The average Bonchev–Trinajstić information content (AvgIpc) is 2.98. The zero-order chi connectivity index (χ0) is 35.7. The van der Waals surface area contributed by atoms with E-state index in [1.165, 1.54) is 7.11 Å². The van der Waals surface area contributed by atoms with Crippen LogP contribution in [-0.4, -0.2) is 117 Å². The zero-order valence-electron chi connectivity index (χ0n) is 30.7. The molecule has 2 N–H and O–H groups in total. The Labute approximate surface area is 282 Å². The lowest BCUT2D eigenvalue weighted by Crippen LogP contribution is -2.56. The molecule has 0 radical (unpaired) electrons. The zero-order valence-corrected chi connectivity index (χ0v) is 30.7. The second-order valence-corrected chi connectivity index (χ2v) is 16.0. The van der Waals surface area contributed by atoms with Crippen molar-refractivity contribution in [2.24, 2.45) is 45.7 Å². The number of amides is 2. The van der Waals surface area contributed by atoms with E-state index in [1.54, 1.807) is 23.6 Å². The van der Waals surface area contributed by atoms with Crippen LogP contribution in [0, 0.1) is 39.9 Å². The number of ether oxygens (including phenoxy) is 3. The standard InChI is InChI=1S/C35H62N4O8/c1-24(2)21-46-29(41)27-18-35(9,23-34(7,8)32(44)47-22-25(3)4)31(43)39(20-27)16-14-37(12-11-36)13-15-38-19-26(28(40)45-10)17-33(5,6)30(38)42/h24-27H,11-23,36H2,1-10H3. The highest BCUT2D eigenvalue weighted by Crippen LogP contribution is 2.44. The monoisotopic (exact) mass is 666 g/mol. The lowest BCUT2D eigenvalue weighted by molar-refractivity contribution is -0.166. The molecular formula is C35H62N4O8. The van der Waals surface area contributed by atoms with Gasteiger partial charge >= 0.3 is 17.9 Å². The van der Waals surface area contributed by atoms with E-state index in [1.807, 2.05) is 48.5 Å². The molecule has 0 aromatic carbocycles. The number of carbonyl (C=O) groups excluding carboxylic acids is 5. The second-order valence-electron chi connectivity index (χ2n) is 16.0. The molecule has 0 aromatic heterocycles. The molecule has 0 aliphatic carbocycles. The van der Waals surface area contributed by atoms with Gasteiger partial charge in [0.25, 0.3) is 0 Å². The summed E-state index contributed by atoms with van der Waals surface area (Å²) in [5.41, 5.74) is 3.33. The molecule has 3 unspecified atom stereocenters. The van der Waals surface area contributed by atoms with Gasteiger partial charge in [-0.3, -0.25) is 28.9 Å². The highest BCUT2D eigenvalue weighted by molar-refractivity contribution is 5.87. The Kier molecular flexibility index (Phi) is 14.7. The number of piperidine rings is 2. The van der Waals surface area contributed by atoms with Gasteiger partial charge < -0.3 is 29.7 Å². The van der Waals surface area contributed by atoms with E-state index < -0.39 is 28.1 Å². The quantitative estimate of drug-likeness (QED) is 0.181. The Morgan fingerprint density at radius 3 is 1.87 bits per heavy atom. The molecule has 2 fully saturated rings. The third kappa shape index (κ3) is 11.4. The van der Waals surface area contributed by atoms with Crippen LogP contribution in [0.2, 0.25) is 0 Å². The lowest BCUT2D eigenvalue weighted by atomic mass is 9.67. The van der Waals surface area contributed by atoms with Crippen molar-refractivity contribution in [1.29, 1.82) is 0 Å². The minimum absolute atomic E-state index is 0.00962. The van der Waals surface area contributed by atoms with Crippen molar-refractivity contribution in [2.75, 3.05) is 72.7 Å². The van der Waals surface area contributed by atoms with Crippen LogP contribution in [0.5, 0.6) is 0 Å². The summed E-state index contributed by atoms with van der Waals surface area (Å²) in [5, 5.41) is 0. The van der Waals surface area contributed by atoms with Crippen LogP contribution in [0.1, 0.15) is 81.6 Å². The number of carbonyl (C=O) groups is 5. The summed E-state index contributed by atoms with van der Waals surface area (Å²) in [5.74, 6) is -1.72. The van der Waals surface area contributed by atoms with Gasteiger partial charge in [0.05, 0.1) is 37.6 Å². The Bertz CT molecular complexity index is 1110. The van der Waals surface area contributed by atoms with Gasteiger partial charge in [-0.25, -0.2) is 0 Å². The predicted molar refractivity (Wildman–Crippen MR) is 179 cm³/mol. The molecule has 2 heterocycles. The smallest absolute Gasteiger partial charge is 0.311 e. The fraction of sp³-hybridized carbons (Fsp3) is 0.857. The minimum Gasteiger partial charge on any atom is -0.469 e. The van der Waals surface area contributed by atoms with E-state index in [4.69, 9.17) is 19.9 Å². The van der Waals surface area contributed by atoms with Crippen molar-refractivity contribution >= 4 is 29.7 Å². The van der Waals surface area contributed by atoms with Crippen molar-refractivity contribution in [3.05, 3.63) is 0 Å². The number of rotatable bonds is 17. The number of esters is 3. The van der Waals surface area contributed by atoms with Gasteiger partial charge in [-0.1, -0.05) is 48.5 Å². The molecule has 0 bridgehead atoms. The van der Waals surface area contributed by atoms with E-state index in [-0.39, 0.29) is 60.9 Å². The molecule has 2 aliphatic heterocycles. The Balaban J connectivity index is 2.22. The third-order valence-electron chi connectivity index (χ3n) is 9.18. The van der Waals surface area contributed by atoms with E-state index in [2.05, 4.69) is 4.90 Å². The summed E-state index contributed by atoms with van der Waals surface area (Å²) in [6.45, 7) is 20.7. The first kappa shape index (κ1) is 40.4. The first-order valence-corrected chi connectivity index (χ1v) is 17.2. The fourth-order valence-corrected chi connectivity index (χ4v) is 6.88. The number of hydrogen-bond donors (Lipinski definition) is 1. The summed E-state index contributed by atoms with van der Waals surface area (Å²) in [6.07, 6.45) is 0.937. The molecule has 3 atom stereocenters. The van der Waals surface area contributed by atoms with Gasteiger partial charge in [0.2, 0.25) is 11.8 Å². The predicted octanol–water partition coefficient (Wildman–Crippen LogP) is 2.96. The molecule has 47 heavy (non-hydrogen) atoms. The van der Waals surface area contributed by atoms with Gasteiger partial charge in [-0.05, 0) is 44.9 Å². The molecule has 2 amide bonds. The van der Waals surface area contributed by atoms with Crippen molar-refractivity contribution in [1.82, 2.24) is 14.7 Å². The maximum Gasteiger partial charge on any atom is 0.311 e.